The van der Waals surface area contributed by atoms with E-state index < -0.39 is 0 Å². The Kier molecular flexibility index (Phi) is 3.74. The van der Waals surface area contributed by atoms with Crippen molar-refractivity contribution >= 4 is 22.8 Å². The molecule has 7 nitrogen and oxygen atoms in total. The first-order chi connectivity index (χ1) is 10.8. The molecule has 1 aliphatic rings. The molecule has 0 spiro atoms. The van der Waals surface area contributed by atoms with Crippen LogP contribution in [0.1, 0.15) is 39.4 Å². The van der Waals surface area contributed by atoms with E-state index in [4.69, 9.17) is 4.98 Å². The monoisotopic (exact) mass is 316 g/mol. The van der Waals surface area contributed by atoms with Crippen LogP contribution in [0.15, 0.2) is 6.20 Å². The van der Waals surface area contributed by atoms with Crippen molar-refractivity contribution in [3.63, 3.8) is 0 Å². The Morgan fingerprint density at radius 1 is 1.30 bits per heavy atom. The van der Waals surface area contributed by atoms with E-state index in [1.54, 1.807) is 10.9 Å². The summed E-state index contributed by atoms with van der Waals surface area (Å²) in [5.74, 6) is 1.79. The van der Waals surface area contributed by atoms with E-state index in [9.17, 15) is 4.79 Å². The van der Waals surface area contributed by atoms with Crippen LogP contribution in [0.2, 0.25) is 0 Å². The second-order valence-electron chi connectivity index (χ2n) is 7.23. The molecule has 1 atom stereocenters. The maximum absolute atomic E-state index is 11.7. The number of nitrogens with zero attached hydrogens (tertiary/aromatic N) is 5. The van der Waals surface area contributed by atoms with Crippen molar-refractivity contribution < 1.29 is 4.79 Å². The number of nitrogens with one attached hydrogen (secondary N) is 1. The van der Waals surface area contributed by atoms with E-state index in [2.05, 4.69) is 36.2 Å². The standard InChI is InChI=1S/C16H24N6O/c1-16(2,3)15-19-13(11-9-18-22(5)14(11)20-15)17-8-10-6-7-12(23)21(10)4/h9-10H,6-8H2,1-5H3,(H,17,19,20)/t10-/m0/s1. The summed E-state index contributed by atoms with van der Waals surface area (Å²) in [5.41, 5.74) is 0.679. The number of aryl methyl sites for hydroxylation is 1. The molecule has 1 amide bonds. The van der Waals surface area contributed by atoms with Gasteiger partial charge in [-0.25, -0.2) is 9.97 Å². The molecule has 0 aliphatic carbocycles. The number of anilines is 1. The van der Waals surface area contributed by atoms with Crippen LogP contribution in [0.4, 0.5) is 5.82 Å². The summed E-state index contributed by atoms with van der Waals surface area (Å²) < 4.78 is 1.77. The van der Waals surface area contributed by atoms with Crippen LogP contribution < -0.4 is 5.32 Å². The molecule has 2 aromatic rings. The number of aromatic nitrogens is 4. The highest BCUT2D eigenvalue weighted by Crippen LogP contribution is 2.26. The Hall–Kier alpha value is -2.18. The van der Waals surface area contributed by atoms with Gasteiger partial charge in [-0.15, -0.1) is 0 Å². The molecule has 0 bridgehead atoms. The van der Waals surface area contributed by atoms with Gasteiger partial charge >= 0.3 is 0 Å². The van der Waals surface area contributed by atoms with Crippen LogP contribution in [0.5, 0.6) is 0 Å². The predicted molar refractivity (Wildman–Crippen MR) is 89.3 cm³/mol. The average Bonchev–Trinajstić information content (AvgIpc) is 3.01. The van der Waals surface area contributed by atoms with E-state index in [1.807, 2.05) is 19.0 Å². The number of carbonyl (C=O) groups is 1. The summed E-state index contributed by atoms with van der Waals surface area (Å²) in [7, 11) is 3.75. The van der Waals surface area contributed by atoms with Crippen LogP contribution in [0.3, 0.4) is 0 Å². The Bertz CT molecular complexity index is 745. The van der Waals surface area contributed by atoms with Crippen molar-refractivity contribution in [3.8, 4) is 0 Å². The number of hydrogen-bond acceptors (Lipinski definition) is 5. The topological polar surface area (TPSA) is 75.9 Å². The number of carbonyl (C=O) groups excluding carboxylic acids is 1. The minimum absolute atomic E-state index is 0.144. The lowest BCUT2D eigenvalue weighted by molar-refractivity contribution is -0.127. The van der Waals surface area contributed by atoms with Gasteiger partial charge in [-0.1, -0.05) is 20.8 Å². The minimum Gasteiger partial charge on any atom is -0.367 e. The number of hydrogen-bond donors (Lipinski definition) is 1. The Balaban J connectivity index is 1.91. The molecule has 0 saturated carbocycles. The van der Waals surface area contributed by atoms with Gasteiger partial charge in [0.15, 0.2) is 5.65 Å². The Morgan fingerprint density at radius 2 is 2.04 bits per heavy atom. The zero-order chi connectivity index (χ0) is 16.8. The van der Waals surface area contributed by atoms with E-state index in [1.165, 1.54) is 0 Å². The van der Waals surface area contributed by atoms with Gasteiger partial charge in [-0.05, 0) is 6.42 Å². The predicted octanol–water partition coefficient (Wildman–Crippen LogP) is 1.69. The summed E-state index contributed by atoms with van der Waals surface area (Å²) in [6.07, 6.45) is 3.30. The molecular formula is C16H24N6O. The second-order valence-corrected chi connectivity index (χ2v) is 7.23. The highest BCUT2D eigenvalue weighted by atomic mass is 16.2. The maximum Gasteiger partial charge on any atom is 0.222 e. The van der Waals surface area contributed by atoms with Gasteiger partial charge in [0.1, 0.15) is 11.6 Å². The Labute approximate surface area is 136 Å². The van der Waals surface area contributed by atoms with E-state index in [-0.39, 0.29) is 17.4 Å². The molecule has 1 N–H and O–H groups in total. The fourth-order valence-electron chi connectivity index (χ4n) is 2.81. The van der Waals surface area contributed by atoms with Crippen molar-refractivity contribution in [2.75, 3.05) is 18.9 Å². The molecule has 7 heteroatoms. The van der Waals surface area contributed by atoms with Gasteiger partial charge in [-0.2, -0.15) is 5.10 Å². The van der Waals surface area contributed by atoms with Crippen molar-refractivity contribution in [2.45, 2.75) is 45.1 Å². The first-order valence-corrected chi connectivity index (χ1v) is 7.97. The smallest absolute Gasteiger partial charge is 0.222 e. The molecule has 1 fully saturated rings. The summed E-state index contributed by atoms with van der Waals surface area (Å²) in [6, 6.07) is 0.210. The normalized spacial score (nSPS) is 18.9. The molecule has 2 aromatic heterocycles. The number of likely N-dealkylation sites (N-methyl/N-ethyl adjacent to an activating group) is 1. The minimum atomic E-state index is -0.144. The van der Waals surface area contributed by atoms with Crippen LogP contribution in [-0.2, 0) is 17.3 Å². The molecule has 3 heterocycles. The zero-order valence-electron chi connectivity index (χ0n) is 14.4. The lowest BCUT2D eigenvalue weighted by atomic mass is 9.95. The second kappa shape index (κ2) is 5.47. The van der Waals surface area contributed by atoms with Crippen LogP contribution in [0.25, 0.3) is 11.0 Å². The highest BCUT2D eigenvalue weighted by molar-refractivity contribution is 5.86. The molecule has 124 valence electrons. The van der Waals surface area contributed by atoms with Gasteiger partial charge in [0.2, 0.25) is 5.91 Å². The molecule has 0 aromatic carbocycles. The zero-order valence-corrected chi connectivity index (χ0v) is 14.4. The number of fused-ring (bicyclic) bond motifs is 1. The van der Waals surface area contributed by atoms with Crippen molar-refractivity contribution in [2.24, 2.45) is 7.05 Å². The summed E-state index contributed by atoms with van der Waals surface area (Å²) in [5, 5.41) is 8.61. The molecule has 3 rings (SSSR count). The first-order valence-electron chi connectivity index (χ1n) is 7.97. The third-order valence-electron chi connectivity index (χ3n) is 4.40. The van der Waals surface area contributed by atoms with E-state index >= 15 is 0 Å². The summed E-state index contributed by atoms with van der Waals surface area (Å²) in [4.78, 5) is 22.8. The van der Waals surface area contributed by atoms with Crippen molar-refractivity contribution in [1.82, 2.24) is 24.6 Å². The molecule has 0 unspecified atom stereocenters. The van der Waals surface area contributed by atoms with Crippen LogP contribution >= 0.6 is 0 Å². The SMILES string of the molecule is CN1C(=O)CC[C@H]1CNc1nc(C(C)(C)C)nc2c1cnn2C. The van der Waals surface area contributed by atoms with Gasteiger partial charge in [0.25, 0.3) is 0 Å². The average molecular weight is 316 g/mol. The molecule has 0 radical (unpaired) electrons. The van der Waals surface area contributed by atoms with Gasteiger partial charge in [0.05, 0.1) is 11.6 Å². The highest BCUT2D eigenvalue weighted by Gasteiger charge is 2.28. The first kappa shape index (κ1) is 15.7. The van der Waals surface area contributed by atoms with E-state index in [0.717, 1.165) is 29.1 Å². The van der Waals surface area contributed by atoms with Gasteiger partial charge in [0, 0.05) is 38.5 Å². The van der Waals surface area contributed by atoms with Crippen LogP contribution in [-0.4, -0.2) is 50.2 Å². The molecule has 1 saturated heterocycles. The lowest BCUT2D eigenvalue weighted by Gasteiger charge is -2.22. The molecule has 23 heavy (non-hydrogen) atoms. The fourth-order valence-corrected chi connectivity index (χ4v) is 2.81. The third kappa shape index (κ3) is 2.87. The number of rotatable bonds is 3. The van der Waals surface area contributed by atoms with Crippen molar-refractivity contribution in [1.29, 1.82) is 0 Å². The summed E-state index contributed by atoms with van der Waals surface area (Å²) in [6.45, 7) is 6.97. The van der Waals surface area contributed by atoms with E-state index in [0.29, 0.717) is 13.0 Å². The lowest BCUT2D eigenvalue weighted by Crippen LogP contribution is -2.34. The number of amides is 1. The fraction of sp³-hybridized carbons (Fsp3) is 0.625. The third-order valence-corrected chi connectivity index (χ3v) is 4.40. The number of likely N-dealkylation sites (tertiary alicyclic amines) is 1. The quantitative estimate of drug-likeness (QED) is 0.932. The maximum atomic E-state index is 11.7. The Morgan fingerprint density at radius 3 is 2.65 bits per heavy atom. The van der Waals surface area contributed by atoms with Gasteiger partial charge < -0.3 is 10.2 Å². The largest absolute Gasteiger partial charge is 0.367 e. The molecular weight excluding hydrogens is 292 g/mol. The summed E-state index contributed by atoms with van der Waals surface area (Å²) >= 11 is 0. The van der Waals surface area contributed by atoms with Crippen LogP contribution in [0, 0.1) is 0 Å². The molecule has 1 aliphatic heterocycles. The van der Waals surface area contributed by atoms with Crippen molar-refractivity contribution in [3.05, 3.63) is 12.0 Å². The van der Waals surface area contributed by atoms with Gasteiger partial charge in [-0.3, -0.25) is 9.48 Å².